The molecule has 0 aliphatic carbocycles. The first kappa shape index (κ1) is 60.4. The molecule has 0 unspecified atom stereocenters. The van der Waals surface area contributed by atoms with Crippen molar-refractivity contribution in [3.05, 3.63) is 0 Å². The maximum atomic E-state index is 11.7. The van der Waals surface area contributed by atoms with Gasteiger partial charge < -0.3 is 28.4 Å². The van der Waals surface area contributed by atoms with Gasteiger partial charge in [0.25, 0.3) is 0 Å². The average molecular weight is 873 g/mol. The second-order valence-electron chi connectivity index (χ2n) is 15.3. The minimum Gasteiger partial charge on any atom is -0.799 e. The van der Waals surface area contributed by atoms with Crippen molar-refractivity contribution in [2.24, 2.45) is 0 Å². The summed E-state index contributed by atoms with van der Waals surface area (Å²) in [5.74, 6) is 0. The van der Waals surface area contributed by atoms with Crippen LogP contribution in [-0.4, -0.2) is 37.0 Å². The molecular formula is C42H90O6P3Y. The summed E-state index contributed by atoms with van der Waals surface area (Å²) < 4.78 is 35.2. The Morgan fingerprint density at radius 3 is 0.481 bits per heavy atom. The fourth-order valence-electron chi connectivity index (χ4n) is 6.07. The van der Waals surface area contributed by atoms with Gasteiger partial charge >= 0.3 is 32.7 Å². The van der Waals surface area contributed by atoms with Crippen molar-refractivity contribution < 1.29 is 61.1 Å². The first-order chi connectivity index (χ1) is 24.4. The van der Waals surface area contributed by atoms with Crippen LogP contribution in [-0.2, 0) is 46.4 Å². The molecular weight excluding hydrogens is 782 g/mol. The van der Waals surface area contributed by atoms with Gasteiger partial charge in [0.2, 0.25) is 0 Å². The van der Waals surface area contributed by atoms with Gasteiger partial charge in [0.1, 0.15) is 0 Å². The van der Waals surface area contributed by atoms with Gasteiger partial charge in [-0.2, -0.15) is 0 Å². The molecule has 0 fully saturated rings. The minimum absolute atomic E-state index is 0. The molecule has 0 saturated heterocycles. The van der Waals surface area contributed by atoms with Crippen LogP contribution in [0.5, 0.6) is 0 Å². The quantitative estimate of drug-likeness (QED) is 0.0457. The van der Waals surface area contributed by atoms with Crippen molar-refractivity contribution in [2.45, 2.75) is 234 Å². The molecule has 0 rings (SSSR count). The van der Waals surface area contributed by atoms with E-state index in [9.17, 15) is 28.4 Å². The average Bonchev–Trinajstić information content (AvgIpc) is 3.08. The zero-order chi connectivity index (χ0) is 39.0. The molecule has 6 nitrogen and oxygen atoms in total. The molecule has 0 amide bonds. The fraction of sp³-hybridized carbons (Fsp3) is 1.00. The molecule has 0 bridgehead atoms. The maximum absolute atomic E-state index is 11.7. The van der Waals surface area contributed by atoms with E-state index in [1.54, 1.807) is 0 Å². The van der Waals surface area contributed by atoms with E-state index in [1.807, 2.05) is 0 Å². The summed E-state index contributed by atoms with van der Waals surface area (Å²) >= 11 is 0. The predicted octanol–water partition coefficient (Wildman–Crippen LogP) is 13.7. The zero-order valence-corrected chi connectivity index (χ0v) is 41.3. The van der Waals surface area contributed by atoms with Crippen LogP contribution in [0.15, 0.2) is 0 Å². The molecule has 0 aromatic carbocycles. The molecule has 0 spiro atoms. The van der Waals surface area contributed by atoms with E-state index in [0.29, 0.717) is 37.0 Å². The minimum atomic E-state index is -3.04. The van der Waals surface area contributed by atoms with Crippen LogP contribution >= 0.6 is 22.1 Å². The third-order valence-corrected chi connectivity index (χ3v) is 15.6. The summed E-state index contributed by atoms with van der Waals surface area (Å²) in [5.41, 5.74) is 0. The van der Waals surface area contributed by atoms with E-state index in [4.69, 9.17) is 0 Å². The van der Waals surface area contributed by atoms with Crippen molar-refractivity contribution in [1.82, 2.24) is 0 Å². The summed E-state index contributed by atoms with van der Waals surface area (Å²) in [6.07, 6.45) is 36.1. The Hall–Kier alpha value is 1.67. The summed E-state index contributed by atoms with van der Waals surface area (Å²) in [6.45, 7) is 13.1. The van der Waals surface area contributed by atoms with Crippen molar-refractivity contribution >= 4 is 22.1 Å². The second-order valence-corrected chi connectivity index (χ2v) is 22.8. The van der Waals surface area contributed by atoms with Gasteiger partial charge in [-0.1, -0.05) is 196 Å². The van der Waals surface area contributed by atoms with Gasteiger partial charge in [-0.25, -0.2) is 0 Å². The van der Waals surface area contributed by atoms with Crippen LogP contribution in [0.2, 0.25) is 0 Å². The number of rotatable bonds is 36. The van der Waals surface area contributed by atoms with Gasteiger partial charge in [0.15, 0.2) is 0 Å². The van der Waals surface area contributed by atoms with E-state index in [1.165, 1.54) is 116 Å². The fourth-order valence-corrected chi connectivity index (χ4v) is 11.0. The van der Waals surface area contributed by atoms with Crippen LogP contribution in [0.3, 0.4) is 0 Å². The van der Waals surface area contributed by atoms with Gasteiger partial charge in [0, 0.05) is 22.1 Å². The molecule has 0 aromatic rings. The topological polar surface area (TPSA) is 120 Å². The van der Waals surface area contributed by atoms with Crippen molar-refractivity contribution in [3.8, 4) is 0 Å². The molecule has 10 heteroatoms. The van der Waals surface area contributed by atoms with Gasteiger partial charge in [-0.15, -0.1) is 0 Å². The Morgan fingerprint density at radius 1 is 0.250 bits per heavy atom. The summed E-state index contributed by atoms with van der Waals surface area (Å²) in [7, 11) is -9.12. The van der Waals surface area contributed by atoms with Crippen LogP contribution in [0, 0.1) is 0 Å². The van der Waals surface area contributed by atoms with E-state index in [2.05, 4.69) is 41.5 Å². The Kier molecular flexibility index (Phi) is 52.7. The Morgan fingerprint density at radius 2 is 0.365 bits per heavy atom. The summed E-state index contributed by atoms with van der Waals surface area (Å²) in [5, 5.41) is 0. The van der Waals surface area contributed by atoms with Gasteiger partial charge in [-0.05, 0) is 75.5 Å². The van der Waals surface area contributed by atoms with Crippen LogP contribution in [0.4, 0.5) is 0 Å². The molecule has 0 aliphatic heterocycles. The molecule has 312 valence electrons. The molecule has 0 atom stereocenters. The van der Waals surface area contributed by atoms with Crippen LogP contribution < -0.4 is 14.7 Å². The smallest absolute Gasteiger partial charge is 0.799 e. The SMILES string of the molecule is CCCCCCCP(=O)([O-])CCCCCCC.CCCCCCCP(=O)([O-])CCCCCCC.CCCCCCCP(=O)([O-])CCCCCCC.[Y+3]. The Labute approximate surface area is 352 Å². The standard InChI is InChI=1S/3C14H31O2P.Y/c3*1-3-5-7-9-11-13-17(15,16)14-12-10-8-6-4-2;/h3*3-14H2,1-2H3,(H,15,16);/q;;;+3/p-3. The van der Waals surface area contributed by atoms with Crippen LogP contribution in [0.25, 0.3) is 0 Å². The Bertz CT molecular complexity index is 671. The van der Waals surface area contributed by atoms with Crippen molar-refractivity contribution in [2.75, 3.05) is 37.0 Å². The molecule has 52 heavy (non-hydrogen) atoms. The molecule has 0 saturated carbocycles. The zero-order valence-electron chi connectivity index (χ0n) is 35.8. The summed E-state index contributed by atoms with van der Waals surface area (Å²) in [4.78, 5) is 35.2. The third kappa shape index (κ3) is 53.8. The molecule has 0 N–H and O–H groups in total. The summed E-state index contributed by atoms with van der Waals surface area (Å²) in [6, 6.07) is 0. The van der Waals surface area contributed by atoms with Crippen molar-refractivity contribution in [1.29, 1.82) is 0 Å². The Balaban J connectivity index is -0.000000329. The molecule has 0 aliphatic rings. The van der Waals surface area contributed by atoms with Crippen LogP contribution in [0.1, 0.15) is 234 Å². The van der Waals surface area contributed by atoms with E-state index in [-0.39, 0.29) is 32.7 Å². The van der Waals surface area contributed by atoms with E-state index >= 15 is 0 Å². The third-order valence-electron chi connectivity index (χ3n) is 9.61. The molecule has 0 radical (unpaired) electrons. The number of unbranched alkanes of at least 4 members (excludes halogenated alkanes) is 24. The maximum Gasteiger partial charge on any atom is 3.00 e. The number of hydrogen-bond acceptors (Lipinski definition) is 6. The van der Waals surface area contributed by atoms with Crippen molar-refractivity contribution in [3.63, 3.8) is 0 Å². The van der Waals surface area contributed by atoms with Gasteiger partial charge in [-0.3, -0.25) is 0 Å². The monoisotopic (exact) mass is 873 g/mol. The first-order valence-corrected chi connectivity index (χ1v) is 28.2. The molecule has 0 aromatic heterocycles. The number of hydrogen-bond donors (Lipinski definition) is 0. The first-order valence-electron chi connectivity index (χ1n) is 22.2. The largest absolute Gasteiger partial charge is 3.00 e. The molecule has 0 heterocycles. The van der Waals surface area contributed by atoms with Gasteiger partial charge in [0.05, 0.1) is 0 Å². The second kappa shape index (κ2) is 45.4. The normalized spacial score (nSPS) is 11.7. The van der Waals surface area contributed by atoms with E-state index in [0.717, 1.165) is 77.0 Å². The van der Waals surface area contributed by atoms with E-state index < -0.39 is 22.1 Å². The predicted molar refractivity (Wildman–Crippen MR) is 225 cm³/mol.